The third-order valence-corrected chi connectivity index (χ3v) is 4.24. The van der Waals surface area contributed by atoms with E-state index in [1.165, 1.54) is 36.2 Å². The number of ether oxygens (including phenoxy) is 2. The molecule has 0 unspecified atom stereocenters. The molecule has 0 aromatic heterocycles. The minimum absolute atomic E-state index is 0.0785. The van der Waals surface area contributed by atoms with Gasteiger partial charge in [0.15, 0.2) is 11.5 Å². The van der Waals surface area contributed by atoms with E-state index in [0.29, 0.717) is 36.0 Å². The monoisotopic (exact) mass is 373 g/mol. The first-order chi connectivity index (χ1) is 13.0. The van der Waals surface area contributed by atoms with Crippen LogP contribution in [0.1, 0.15) is 0 Å². The van der Waals surface area contributed by atoms with Gasteiger partial charge in [0.25, 0.3) is 0 Å². The molecule has 1 N–H and O–H groups in total. The van der Waals surface area contributed by atoms with Crippen molar-refractivity contribution in [1.29, 1.82) is 0 Å². The summed E-state index contributed by atoms with van der Waals surface area (Å²) in [5.41, 5.74) is 1.14. The lowest BCUT2D eigenvalue weighted by molar-refractivity contribution is -0.116. The van der Waals surface area contributed by atoms with Crippen LogP contribution < -0.4 is 19.7 Å². The predicted molar refractivity (Wildman–Crippen MR) is 98.9 cm³/mol. The molecule has 0 aliphatic carbocycles. The van der Waals surface area contributed by atoms with Crippen LogP contribution in [0.3, 0.4) is 0 Å². The number of methoxy groups -OCH3 is 2. The van der Waals surface area contributed by atoms with Crippen LogP contribution in [0.5, 0.6) is 11.5 Å². The Labute approximate surface area is 156 Å². The van der Waals surface area contributed by atoms with Gasteiger partial charge in [0.05, 0.1) is 14.2 Å². The van der Waals surface area contributed by atoms with Gasteiger partial charge >= 0.3 is 6.03 Å². The van der Waals surface area contributed by atoms with Crippen molar-refractivity contribution in [3.8, 4) is 11.5 Å². The summed E-state index contributed by atoms with van der Waals surface area (Å²) in [6.45, 7) is 0.772. The molecule has 142 valence electrons. The highest BCUT2D eigenvalue weighted by Crippen LogP contribution is 2.29. The van der Waals surface area contributed by atoms with Crippen molar-refractivity contribution < 1.29 is 23.5 Å². The van der Waals surface area contributed by atoms with E-state index in [-0.39, 0.29) is 24.3 Å². The van der Waals surface area contributed by atoms with E-state index in [9.17, 15) is 14.0 Å². The number of hydrogen-bond donors (Lipinski definition) is 1. The van der Waals surface area contributed by atoms with Crippen LogP contribution in [0, 0.1) is 5.82 Å². The molecule has 1 aliphatic heterocycles. The first kappa shape index (κ1) is 18.5. The zero-order chi connectivity index (χ0) is 19.4. The Balaban J connectivity index is 1.61. The summed E-state index contributed by atoms with van der Waals surface area (Å²) in [5.74, 6) is 0.364. The number of urea groups is 1. The number of carbonyl (C=O) groups excluding carboxylic acids is 2. The quantitative estimate of drug-likeness (QED) is 0.845. The van der Waals surface area contributed by atoms with Gasteiger partial charge in [0.1, 0.15) is 12.4 Å². The SMILES string of the molecule is COc1ccc(NC(=O)CN2CCN(c3ccc(F)cc3)C2=O)cc1OC. The molecule has 8 heteroatoms. The molecule has 7 nitrogen and oxygen atoms in total. The highest BCUT2D eigenvalue weighted by molar-refractivity contribution is 5.99. The number of nitrogens with one attached hydrogen (secondary N) is 1. The van der Waals surface area contributed by atoms with Crippen molar-refractivity contribution in [2.24, 2.45) is 0 Å². The highest BCUT2D eigenvalue weighted by Gasteiger charge is 2.30. The van der Waals surface area contributed by atoms with Crippen molar-refractivity contribution in [3.63, 3.8) is 0 Å². The summed E-state index contributed by atoms with van der Waals surface area (Å²) < 4.78 is 23.4. The van der Waals surface area contributed by atoms with E-state index in [2.05, 4.69) is 5.32 Å². The molecule has 0 spiro atoms. The minimum atomic E-state index is -0.364. The van der Waals surface area contributed by atoms with E-state index in [4.69, 9.17) is 9.47 Å². The summed E-state index contributed by atoms with van der Waals surface area (Å²) >= 11 is 0. The Morgan fingerprint density at radius 2 is 1.78 bits per heavy atom. The second-order valence-electron chi connectivity index (χ2n) is 5.95. The van der Waals surface area contributed by atoms with Gasteiger partial charge in [-0.3, -0.25) is 9.69 Å². The Morgan fingerprint density at radius 3 is 2.44 bits per heavy atom. The molecule has 1 heterocycles. The first-order valence-corrected chi connectivity index (χ1v) is 8.35. The van der Waals surface area contributed by atoms with Crippen LogP contribution in [0.25, 0.3) is 0 Å². The van der Waals surface area contributed by atoms with Crippen LogP contribution >= 0.6 is 0 Å². The average molecular weight is 373 g/mol. The Bertz CT molecular complexity index is 841. The van der Waals surface area contributed by atoms with Gasteiger partial charge in [0.2, 0.25) is 5.91 Å². The summed E-state index contributed by atoms with van der Waals surface area (Å²) in [6, 6.07) is 10.4. The van der Waals surface area contributed by atoms with Crippen molar-refractivity contribution >= 4 is 23.3 Å². The number of carbonyl (C=O) groups is 2. The zero-order valence-corrected chi connectivity index (χ0v) is 15.1. The molecule has 0 bridgehead atoms. The summed E-state index contributed by atoms with van der Waals surface area (Å²) in [5, 5.41) is 2.74. The van der Waals surface area contributed by atoms with Crippen molar-refractivity contribution in [2.75, 3.05) is 44.1 Å². The fraction of sp³-hybridized carbons (Fsp3) is 0.263. The fourth-order valence-corrected chi connectivity index (χ4v) is 2.88. The largest absolute Gasteiger partial charge is 0.493 e. The predicted octanol–water partition coefficient (Wildman–Crippen LogP) is 2.72. The Morgan fingerprint density at radius 1 is 1.07 bits per heavy atom. The van der Waals surface area contributed by atoms with E-state index < -0.39 is 0 Å². The van der Waals surface area contributed by atoms with E-state index in [0.717, 1.165) is 0 Å². The van der Waals surface area contributed by atoms with Crippen molar-refractivity contribution in [1.82, 2.24) is 4.90 Å². The molecular formula is C19H20FN3O4. The van der Waals surface area contributed by atoms with Gasteiger partial charge in [-0.2, -0.15) is 0 Å². The smallest absolute Gasteiger partial charge is 0.325 e. The van der Waals surface area contributed by atoms with Crippen LogP contribution in [0.4, 0.5) is 20.6 Å². The van der Waals surface area contributed by atoms with Crippen LogP contribution in [-0.4, -0.2) is 50.7 Å². The maximum atomic E-state index is 13.0. The van der Waals surface area contributed by atoms with Gasteiger partial charge in [-0.05, 0) is 36.4 Å². The molecule has 27 heavy (non-hydrogen) atoms. The molecule has 1 saturated heterocycles. The lowest BCUT2D eigenvalue weighted by Crippen LogP contribution is -2.37. The van der Waals surface area contributed by atoms with Gasteiger partial charge in [-0.1, -0.05) is 0 Å². The number of rotatable bonds is 6. The summed E-state index contributed by atoms with van der Waals surface area (Å²) in [7, 11) is 3.04. The topological polar surface area (TPSA) is 71.1 Å². The normalized spacial score (nSPS) is 13.7. The van der Waals surface area contributed by atoms with Crippen molar-refractivity contribution in [3.05, 3.63) is 48.3 Å². The molecule has 0 radical (unpaired) electrons. The lowest BCUT2D eigenvalue weighted by atomic mass is 10.2. The number of nitrogens with zero attached hydrogens (tertiary/aromatic N) is 2. The van der Waals surface area contributed by atoms with Gasteiger partial charge < -0.3 is 19.7 Å². The van der Waals surface area contributed by atoms with Crippen molar-refractivity contribution in [2.45, 2.75) is 0 Å². The van der Waals surface area contributed by atoms with Crippen LogP contribution in [0.2, 0.25) is 0 Å². The van der Waals surface area contributed by atoms with Gasteiger partial charge in [0, 0.05) is 30.5 Å². The number of hydrogen-bond acceptors (Lipinski definition) is 4. The Kier molecular flexibility index (Phi) is 5.44. The fourth-order valence-electron chi connectivity index (χ4n) is 2.88. The maximum Gasteiger partial charge on any atom is 0.325 e. The standard InChI is InChI=1S/C19H20FN3O4/c1-26-16-8-5-14(11-17(16)27-2)21-18(24)12-22-9-10-23(19(22)25)15-6-3-13(20)4-7-15/h3-8,11H,9-10,12H2,1-2H3,(H,21,24). The van der Waals surface area contributed by atoms with E-state index in [1.807, 2.05) is 0 Å². The van der Waals surface area contributed by atoms with E-state index >= 15 is 0 Å². The molecule has 1 fully saturated rings. The molecule has 2 aromatic rings. The molecule has 1 aliphatic rings. The molecule has 3 rings (SSSR count). The molecule has 3 amide bonds. The van der Waals surface area contributed by atoms with Crippen LogP contribution in [-0.2, 0) is 4.79 Å². The number of halogens is 1. The average Bonchev–Trinajstić information content (AvgIpc) is 3.02. The third kappa shape index (κ3) is 4.11. The minimum Gasteiger partial charge on any atom is -0.493 e. The summed E-state index contributed by atoms with van der Waals surface area (Å²) in [4.78, 5) is 27.8. The number of benzene rings is 2. The second-order valence-corrected chi connectivity index (χ2v) is 5.95. The zero-order valence-electron chi connectivity index (χ0n) is 15.1. The maximum absolute atomic E-state index is 13.0. The Hall–Kier alpha value is -3.29. The van der Waals surface area contributed by atoms with E-state index in [1.54, 1.807) is 30.3 Å². The number of amides is 3. The first-order valence-electron chi connectivity index (χ1n) is 8.35. The molecule has 0 saturated carbocycles. The van der Waals surface area contributed by atoms with Crippen LogP contribution in [0.15, 0.2) is 42.5 Å². The molecule has 0 atom stereocenters. The van der Waals surface area contributed by atoms with Gasteiger partial charge in [-0.25, -0.2) is 9.18 Å². The molecule has 2 aromatic carbocycles. The molecular weight excluding hydrogens is 353 g/mol. The number of anilines is 2. The highest BCUT2D eigenvalue weighted by atomic mass is 19.1. The second kappa shape index (κ2) is 7.94. The third-order valence-electron chi connectivity index (χ3n) is 4.24. The summed E-state index contributed by atoms with van der Waals surface area (Å²) in [6.07, 6.45) is 0. The van der Waals surface area contributed by atoms with Gasteiger partial charge in [-0.15, -0.1) is 0 Å². The lowest BCUT2D eigenvalue weighted by Gasteiger charge is -2.18.